The summed E-state index contributed by atoms with van der Waals surface area (Å²) in [6.45, 7) is 1.45. The van der Waals surface area contributed by atoms with Crippen molar-refractivity contribution in [2.24, 2.45) is 0 Å². The molecule has 1 aromatic rings. The Morgan fingerprint density at radius 2 is 1.88 bits per heavy atom. The smallest absolute Gasteiger partial charge is 0.333 e. The second kappa shape index (κ2) is 4.86. The Morgan fingerprint density at radius 1 is 1.35 bits per heavy atom. The lowest BCUT2D eigenvalue weighted by Gasteiger charge is -2.25. The summed E-state index contributed by atoms with van der Waals surface area (Å²) < 4.78 is 0. The van der Waals surface area contributed by atoms with Crippen molar-refractivity contribution >= 4 is 18.1 Å². The van der Waals surface area contributed by atoms with Gasteiger partial charge in [0.25, 0.3) is 0 Å². The van der Waals surface area contributed by atoms with E-state index in [2.05, 4.69) is 5.32 Å². The fraction of sp³-hybridized carbons (Fsp3) is 0.333. The summed E-state index contributed by atoms with van der Waals surface area (Å²) in [7, 11) is 3.80. The maximum absolute atomic E-state index is 11.2. The van der Waals surface area contributed by atoms with Crippen molar-refractivity contribution in [2.45, 2.75) is 12.5 Å². The van der Waals surface area contributed by atoms with Gasteiger partial charge in [0.1, 0.15) is 0 Å². The first-order valence-corrected chi connectivity index (χ1v) is 5.14. The van der Waals surface area contributed by atoms with E-state index >= 15 is 0 Å². The summed E-state index contributed by atoms with van der Waals surface area (Å²) in [4.78, 5) is 23.6. The Morgan fingerprint density at radius 3 is 2.24 bits per heavy atom. The monoisotopic (exact) mass is 236 g/mol. The number of nitrogens with zero attached hydrogens (tertiary/aromatic N) is 1. The molecule has 1 rings (SSSR count). The summed E-state index contributed by atoms with van der Waals surface area (Å²) in [5, 5.41) is 11.5. The van der Waals surface area contributed by atoms with Crippen LogP contribution in [0.15, 0.2) is 24.3 Å². The number of hydrogen-bond acceptors (Lipinski definition) is 3. The minimum absolute atomic E-state index is 0.397. The van der Waals surface area contributed by atoms with E-state index in [-0.39, 0.29) is 0 Å². The number of amides is 1. The Kier molecular flexibility index (Phi) is 3.73. The lowest BCUT2D eigenvalue weighted by atomic mass is 9.92. The van der Waals surface area contributed by atoms with Gasteiger partial charge >= 0.3 is 5.97 Å². The summed E-state index contributed by atoms with van der Waals surface area (Å²) in [6.07, 6.45) is 0.397. The third kappa shape index (κ3) is 2.55. The average Bonchev–Trinajstić information content (AvgIpc) is 2.29. The van der Waals surface area contributed by atoms with Crippen molar-refractivity contribution in [1.82, 2.24) is 5.32 Å². The van der Waals surface area contributed by atoms with Crippen LogP contribution in [0.2, 0.25) is 0 Å². The number of anilines is 1. The molecule has 0 saturated carbocycles. The normalized spacial score (nSPS) is 13.6. The topological polar surface area (TPSA) is 69.6 Å². The van der Waals surface area contributed by atoms with Crippen molar-refractivity contribution in [3.8, 4) is 0 Å². The number of rotatable bonds is 5. The van der Waals surface area contributed by atoms with Crippen molar-refractivity contribution in [3.05, 3.63) is 29.8 Å². The van der Waals surface area contributed by atoms with Crippen LogP contribution >= 0.6 is 0 Å². The van der Waals surface area contributed by atoms with Gasteiger partial charge in [-0.3, -0.25) is 4.79 Å². The van der Waals surface area contributed by atoms with E-state index in [0.717, 1.165) is 5.69 Å². The molecule has 5 heteroatoms. The molecule has 92 valence electrons. The van der Waals surface area contributed by atoms with E-state index in [1.54, 1.807) is 12.1 Å². The predicted octanol–water partition coefficient (Wildman–Crippen LogP) is 0.798. The van der Waals surface area contributed by atoms with E-state index in [1.807, 2.05) is 31.1 Å². The van der Waals surface area contributed by atoms with Crippen LogP contribution in [0.25, 0.3) is 0 Å². The van der Waals surface area contributed by atoms with Crippen molar-refractivity contribution in [2.75, 3.05) is 19.0 Å². The molecular weight excluding hydrogens is 220 g/mol. The molecule has 1 atom stereocenters. The highest BCUT2D eigenvalue weighted by Crippen LogP contribution is 2.23. The van der Waals surface area contributed by atoms with Gasteiger partial charge in [-0.05, 0) is 24.6 Å². The highest BCUT2D eigenvalue weighted by molar-refractivity contribution is 5.82. The molecule has 1 aromatic carbocycles. The Hall–Kier alpha value is -2.04. The molecular formula is C12H16N2O3. The number of aliphatic carboxylic acids is 1. The number of carbonyl (C=O) groups excluding carboxylic acids is 1. The van der Waals surface area contributed by atoms with Gasteiger partial charge < -0.3 is 15.3 Å². The van der Waals surface area contributed by atoms with E-state index < -0.39 is 11.5 Å². The zero-order valence-corrected chi connectivity index (χ0v) is 10.1. The van der Waals surface area contributed by atoms with Crippen LogP contribution in [0.3, 0.4) is 0 Å². The number of benzene rings is 1. The fourth-order valence-corrected chi connectivity index (χ4v) is 1.48. The summed E-state index contributed by atoms with van der Waals surface area (Å²) >= 11 is 0. The molecule has 0 spiro atoms. The molecule has 0 fully saturated rings. The molecule has 0 aliphatic heterocycles. The Balaban J connectivity index is 3.12. The lowest BCUT2D eigenvalue weighted by Crippen LogP contribution is -2.45. The zero-order chi connectivity index (χ0) is 13.1. The molecule has 0 aromatic heterocycles. The first-order chi connectivity index (χ1) is 7.91. The quantitative estimate of drug-likeness (QED) is 0.742. The minimum atomic E-state index is -1.40. The van der Waals surface area contributed by atoms with Gasteiger partial charge in [-0.1, -0.05) is 12.1 Å². The van der Waals surface area contributed by atoms with Crippen LogP contribution < -0.4 is 10.2 Å². The second-order valence-electron chi connectivity index (χ2n) is 4.13. The van der Waals surface area contributed by atoms with Crippen LogP contribution in [-0.4, -0.2) is 31.6 Å². The number of carboxylic acid groups (broad SMARTS) is 1. The van der Waals surface area contributed by atoms with Gasteiger partial charge in [-0.25, -0.2) is 4.79 Å². The van der Waals surface area contributed by atoms with Gasteiger partial charge in [0, 0.05) is 19.8 Å². The molecule has 5 nitrogen and oxygen atoms in total. The van der Waals surface area contributed by atoms with E-state index in [0.29, 0.717) is 12.0 Å². The Bertz CT molecular complexity index is 414. The van der Waals surface area contributed by atoms with Crippen molar-refractivity contribution < 1.29 is 14.7 Å². The summed E-state index contributed by atoms with van der Waals surface area (Å²) in [5.74, 6) is -1.10. The van der Waals surface area contributed by atoms with E-state index in [1.165, 1.54) is 6.92 Å². The largest absolute Gasteiger partial charge is 0.479 e. The molecule has 0 bridgehead atoms. The van der Waals surface area contributed by atoms with Gasteiger partial charge in [0.2, 0.25) is 6.41 Å². The first-order valence-electron chi connectivity index (χ1n) is 5.14. The van der Waals surface area contributed by atoms with Crippen LogP contribution in [-0.2, 0) is 15.1 Å². The molecule has 0 radical (unpaired) electrons. The van der Waals surface area contributed by atoms with E-state index in [9.17, 15) is 9.59 Å². The molecule has 0 saturated heterocycles. The van der Waals surface area contributed by atoms with Crippen LogP contribution in [0.5, 0.6) is 0 Å². The number of hydrogen-bond donors (Lipinski definition) is 2. The van der Waals surface area contributed by atoms with Crippen molar-refractivity contribution in [1.29, 1.82) is 0 Å². The van der Waals surface area contributed by atoms with Crippen LogP contribution in [0, 0.1) is 0 Å². The number of carboxylic acids is 1. The molecule has 1 unspecified atom stereocenters. The third-order valence-electron chi connectivity index (χ3n) is 2.74. The average molecular weight is 236 g/mol. The van der Waals surface area contributed by atoms with Gasteiger partial charge in [-0.15, -0.1) is 0 Å². The first kappa shape index (κ1) is 13.0. The Labute approximate surface area is 100 Å². The summed E-state index contributed by atoms with van der Waals surface area (Å²) in [5.41, 5.74) is 0.0994. The molecule has 0 aliphatic rings. The molecule has 0 heterocycles. The van der Waals surface area contributed by atoms with Gasteiger partial charge in [-0.2, -0.15) is 0 Å². The number of nitrogens with one attached hydrogen (secondary N) is 1. The second-order valence-corrected chi connectivity index (χ2v) is 4.13. The number of carbonyl (C=O) groups is 2. The lowest BCUT2D eigenvalue weighted by molar-refractivity contribution is -0.145. The fourth-order valence-electron chi connectivity index (χ4n) is 1.48. The minimum Gasteiger partial charge on any atom is -0.479 e. The van der Waals surface area contributed by atoms with Gasteiger partial charge in [0.05, 0.1) is 0 Å². The zero-order valence-electron chi connectivity index (χ0n) is 10.1. The molecule has 2 N–H and O–H groups in total. The highest BCUT2D eigenvalue weighted by atomic mass is 16.4. The van der Waals surface area contributed by atoms with Gasteiger partial charge in [0.15, 0.2) is 5.54 Å². The van der Waals surface area contributed by atoms with Crippen LogP contribution in [0.1, 0.15) is 12.5 Å². The summed E-state index contributed by atoms with van der Waals surface area (Å²) in [6, 6.07) is 7.01. The molecule has 17 heavy (non-hydrogen) atoms. The molecule has 1 amide bonds. The van der Waals surface area contributed by atoms with Crippen LogP contribution in [0.4, 0.5) is 5.69 Å². The SMILES string of the molecule is CN(C)c1ccc(C(C)(NC=O)C(=O)O)cc1. The maximum atomic E-state index is 11.2. The van der Waals surface area contributed by atoms with E-state index in [4.69, 9.17) is 5.11 Å². The highest BCUT2D eigenvalue weighted by Gasteiger charge is 2.34. The maximum Gasteiger partial charge on any atom is 0.333 e. The third-order valence-corrected chi connectivity index (χ3v) is 2.74. The van der Waals surface area contributed by atoms with Crippen molar-refractivity contribution in [3.63, 3.8) is 0 Å². The predicted molar refractivity (Wildman–Crippen MR) is 65.0 cm³/mol. The standard InChI is InChI=1S/C12H16N2O3/c1-12(11(16)17,13-8-15)9-4-6-10(7-5-9)14(2)3/h4-8H,1-3H3,(H,13,15)(H,16,17). The molecule has 0 aliphatic carbocycles.